The van der Waals surface area contributed by atoms with Crippen molar-refractivity contribution in [2.45, 2.75) is 396 Å². The monoisotopic (exact) mass is 2160 g/mol. The third-order valence-corrected chi connectivity index (χ3v) is 21.5. The van der Waals surface area contributed by atoms with Crippen LogP contribution in [0.4, 0.5) is 14.7 Å². The standard InChI is InChI=1S/C11H25N3.C10H18N2S.C10H17NO3.C10H21NO2.C10H21NO.C9H20N4O2.3C9H19NO2.C9H19NO.C8H19N3.C8H17NO2/c1-11(2,3)8-7-9-13-10(12-4)14(5)6;1-10(2,3)5-4-6-11-9-12-7-8-13-9;1-8(2)4-3-5-11-9(12)6-14-7-10(11)13;1-10(2,3)6-5-7-11-9(12)8-13-4;1-5-9(12)11-8-6-7-10(2,3)4;1-8(2)6-5-7-10-9(12(3)4)11-13(14)15;1-9(2,3)6-5-7-10-8(11)12-4;1-9(2,3)6-5-7-12-8(11)10-4;1-8(2)6-5-7-10(12-4)9(3)11;1-8(2)6-5-7-10(4)9(3)11;1-8(2,3)5-4-6-11-7(9)10;1-7(2)4-3-5-9-8(11)6-10/h7-9H2,1-6H3,(H,12,13);7-8H,4-6H2,1-3H3,(H,11,12);8H,3-7H2,1-2H3;5-8H2,1-4H3,(H,11,12);5-8H2,1-4H3,(H,11,12);8H,5-7H2,1-4H3,(H,10,11);2*5-7H2,1-4H3,(H,10,11);8H,5-7H2,1-4H3;8H,5-7H2,1-4H3;4-6H2,1-3H3,(H4,9,10,11);7,10H,3-6H2,1-2H3,(H,9,11). The molecule has 150 heavy (non-hydrogen) atoms. The summed E-state index contributed by atoms with van der Waals surface area (Å²) in [5, 5.41) is 48.4. The summed E-state index contributed by atoms with van der Waals surface area (Å²) in [6, 6.07) is 0. The second kappa shape index (κ2) is 98.6. The summed E-state index contributed by atoms with van der Waals surface area (Å²) in [5.41, 5.74) is 13.0. The minimum absolute atomic E-state index is 0.0266. The molecule has 0 bridgehead atoms. The smallest absolute Gasteiger partial charge is 0.406 e. The average Bonchev–Trinajstić information content (AvgIpc) is 0.932. The van der Waals surface area contributed by atoms with E-state index in [2.05, 4.69) is 287 Å². The number of alkyl carbamates (subject to hydrolysis) is 2. The van der Waals surface area contributed by atoms with Crippen LogP contribution < -0.4 is 54.0 Å². The lowest BCUT2D eigenvalue weighted by atomic mass is 9.91. The Labute approximate surface area is 919 Å². The molecule has 0 spiro atoms. The zero-order chi connectivity index (χ0) is 118. The van der Waals surface area contributed by atoms with Crippen LogP contribution in [0.5, 0.6) is 0 Å². The number of aromatic nitrogens is 1. The van der Waals surface area contributed by atoms with Crippen LogP contribution in [0.15, 0.2) is 26.7 Å². The number of guanidine groups is 3. The van der Waals surface area contributed by atoms with E-state index in [0.717, 1.165) is 178 Å². The van der Waals surface area contributed by atoms with E-state index in [1.165, 1.54) is 70.3 Å². The van der Waals surface area contributed by atoms with Gasteiger partial charge < -0.3 is 92.8 Å². The third-order valence-electron chi connectivity index (χ3n) is 20.7. The van der Waals surface area contributed by atoms with E-state index < -0.39 is 11.6 Å². The molecule has 1 saturated heterocycles. The first kappa shape index (κ1) is 162. The molecule has 890 valence electrons. The number of ether oxygens (including phenoxy) is 4. The predicted molar refractivity (Wildman–Crippen MR) is 628 cm³/mol. The lowest BCUT2D eigenvalue weighted by Crippen LogP contribution is -2.46. The third kappa shape index (κ3) is 146. The van der Waals surface area contributed by atoms with Gasteiger partial charge in [-0.1, -0.05) is 222 Å². The Morgan fingerprint density at radius 2 is 0.873 bits per heavy atom. The Kier molecular flexibility index (Phi) is 106. The molecule has 1 aromatic heterocycles. The van der Waals surface area contributed by atoms with Crippen molar-refractivity contribution >= 4 is 87.9 Å². The molecule has 0 aromatic carbocycles. The minimum atomic E-state index is -0.690. The van der Waals surface area contributed by atoms with Gasteiger partial charge in [-0.15, -0.1) is 11.3 Å². The number of hydrogen-bond acceptors (Lipinski definition) is 22. The number of carbonyl (C=O) groups excluding carboxylic acids is 9. The lowest BCUT2D eigenvalue weighted by Gasteiger charge is -2.24. The van der Waals surface area contributed by atoms with Gasteiger partial charge in [0.2, 0.25) is 29.5 Å². The molecule has 9 amide bonds. The van der Waals surface area contributed by atoms with Gasteiger partial charge >= 0.3 is 12.2 Å². The molecule has 1 aromatic rings. The number of thiazole rings is 1. The number of morpholine rings is 1. The number of nitrogens with two attached hydrogens (primary N) is 2. The Bertz CT molecular complexity index is 3440. The second-order valence-corrected chi connectivity index (χ2v) is 49.1. The summed E-state index contributed by atoms with van der Waals surface area (Å²) in [5.74, 6) is 4.40. The minimum Gasteiger partial charge on any atom is -0.453 e. The van der Waals surface area contributed by atoms with Gasteiger partial charge in [0.05, 0.1) is 20.8 Å². The molecule has 0 radical (unpaired) electrons. The fourth-order valence-electron chi connectivity index (χ4n) is 12.1. The highest BCUT2D eigenvalue weighted by molar-refractivity contribution is 7.13. The molecule has 2 heterocycles. The number of hydroxylamine groups is 2. The largest absolute Gasteiger partial charge is 0.453 e. The van der Waals surface area contributed by atoms with E-state index in [4.69, 9.17) is 30.9 Å². The van der Waals surface area contributed by atoms with Gasteiger partial charge in [0.1, 0.15) is 31.5 Å². The predicted octanol–water partition coefficient (Wildman–Crippen LogP) is 20.9. The van der Waals surface area contributed by atoms with Crippen molar-refractivity contribution in [1.82, 2.24) is 66.9 Å². The summed E-state index contributed by atoms with van der Waals surface area (Å²) in [7, 11) is 17.1. The number of imide groups is 1. The Morgan fingerprint density at radius 3 is 1.22 bits per heavy atom. The van der Waals surface area contributed by atoms with Gasteiger partial charge in [0, 0.05) is 160 Å². The maximum Gasteiger partial charge on any atom is 0.406 e. The first-order valence-corrected chi connectivity index (χ1v) is 55.6. The van der Waals surface area contributed by atoms with E-state index >= 15 is 0 Å². The maximum absolute atomic E-state index is 11.3. The van der Waals surface area contributed by atoms with Crippen LogP contribution >= 0.6 is 11.3 Å². The van der Waals surface area contributed by atoms with Gasteiger partial charge in [-0.3, -0.25) is 53.3 Å². The number of carbonyl (C=O) groups is 9. The van der Waals surface area contributed by atoms with E-state index in [1.807, 2.05) is 51.6 Å². The van der Waals surface area contributed by atoms with Gasteiger partial charge in [0.25, 0.3) is 17.8 Å². The molecule has 37 nitrogen and oxygen atoms in total. The summed E-state index contributed by atoms with van der Waals surface area (Å²) in [6.45, 7) is 82.1. The Morgan fingerprint density at radius 1 is 0.507 bits per heavy atom. The van der Waals surface area contributed by atoms with Gasteiger partial charge in [-0.05, 0) is 222 Å². The zero-order valence-corrected chi connectivity index (χ0v) is 105. The normalized spacial score (nSPS) is 11.9. The fourth-order valence-corrected chi connectivity index (χ4v) is 12.7. The van der Waals surface area contributed by atoms with Crippen molar-refractivity contribution < 1.29 is 77.1 Å². The number of nitrogens with zero attached hydrogens (tertiary/aromatic N) is 10. The summed E-state index contributed by atoms with van der Waals surface area (Å²) >= 11 is 1.66. The molecule has 0 aliphatic carbocycles. The van der Waals surface area contributed by atoms with E-state index in [1.54, 1.807) is 49.2 Å². The molecule has 1 aliphatic heterocycles. The molecule has 1 fully saturated rings. The first-order valence-electron chi connectivity index (χ1n) is 54.7. The van der Waals surface area contributed by atoms with Crippen molar-refractivity contribution in [3.63, 3.8) is 0 Å². The number of hydrazone groups is 1. The second-order valence-electron chi connectivity index (χ2n) is 48.2. The number of nitro groups is 1. The van der Waals surface area contributed by atoms with E-state index in [-0.39, 0.29) is 79.3 Å². The highest BCUT2D eigenvalue weighted by atomic mass is 32.1. The molecule has 0 atom stereocenters. The quantitative estimate of drug-likeness (QED) is 0.00721. The molecule has 1 aliphatic rings. The average molecular weight is 2170 g/mol. The first-order chi connectivity index (χ1) is 69.0. The number of rotatable bonds is 48. The number of amides is 9. The van der Waals surface area contributed by atoms with Crippen molar-refractivity contribution in [3.05, 3.63) is 21.7 Å². The van der Waals surface area contributed by atoms with Crippen LogP contribution in [-0.4, -0.2) is 287 Å². The van der Waals surface area contributed by atoms with Gasteiger partial charge in [0.15, 0.2) is 22.1 Å². The lowest BCUT2D eigenvalue weighted by molar-refractivity contribution is -0.485. The Balaban J connectivity index is -0.000000178. The van der Waals surface area contributed by atoms with Crippen molar-refractivity contribution in [1.29, 1.82) is 0 Å². The van der Waals surface area contributed by atoms with Crippen LogP contribution in [0.1, 0.15) is 396 Å². The molecule has 0 saturated carbocycles. The zero-order valence-electron chi connectivity index (χ0n) is 104. The van der Waals surface area contributed by atoms with E-state index in [9.17, 15) is 53.3 Å². The van der Waals surface area contributed by atoms with Crippen LogP contribution in [0.25, 0.3) is 0 Å². The summed E-state index contributed by atoms with van der Waals surface area (Å²) in [6.07, 6.45) is 27.9. The number of aliphatic imine (C=N–C) groups is 2. The van der Waals surface area contributed by atoms with Crippen LogP contribution in [0.3, 0.4) is 0 Å². The number of nitrogens with one attached hydrogen (secondary N) is 8. The highest BCUT2D eigenvalue weighted by Gasteiger charge is 2.26. The molecular weight excluding hydrogens is 1930 g/mol. The fraction of sp³-hybridized carbons (Fsp3) is 0.866. The number of aliphatic hydroxyl groups excluding tert-OH is 1. The Hall–Kier alpha value is -8.49. The maximum atomic E-state index is 11.3. The van der Waals surface area contributed by atoms with Crippen LogP contribution in [0.2, 0.25) is 0 Å². The number of hydrogen-bond donors (Lipinski definition) is 11. The van der Waals surface area contributed by atoms with Crippen LogP contribution in [-0.2, 0) is 57.3 Å². The number of aliphatic hydroxyl groups is 1. The summed E-state index contributed by atoms with van der Waals surface area (Å²) < 4.78 is 18.8. The summed E-state index contributed by atoms with van der Waals surface area (Å²) in [4.78, 5) is 132. The molecule has 13 N–H and O–H groups in total. The topological polar surface area (TPSA) is 478 Å². The van der Waals surface area contributed by atoms with E-state index in [0.29, 0.717) is 113 Å². The SMILES string of the molecule is CC(=O)N(C)CCCC(C)C.CC(C)(C)CCCN=C(N)N.CC(C)(C)CCCNc1nccs1.CC(C)CCCN/C(=N/[N+](=O)[O-])N(C)C.CC(C)CCCN1C(=O)COCC1=O.CC(C)CCCNC(=O)CO.CCC(=O)NCCCC(C)(C)C.CN=C(NCCCC(C)(C)C)N(C)C.CNC(=O)OCCCC(C)(C)C.COC(=O)NCCCC(C)(C)C.COCC(=O)NCCCC(C)(C)C.CON(CCCC(C)C)C(C)=O. The van der Waals surface area contributed by atoms with Crippen molar-refractivity contribution in [2.24, 2.45) is 94.0 Å². The van der Waals surface area contributed by atoms with Gasteiger partial charge in [-0.25, -0.2) is 29.8 Å². The highest BCUT2D eigenvalue weighted by Crippen LogP contribution is 2.26. The number of methoxy groups -OCH3 is 2. The number of anilines is 1. The van der Waals surface area contributed by atoms with Gasteiger partial charge in [-0.2, -0.15) is 0 Å². The molecule has 38 heteroatoms. The van der Waals surface area contributed by atoms with Crippen molar-refractivity contribution in [3.8, 4) is 0 Å². The van der Waals surface area contributed by atoms with Crippen LogP contribution in [0, 0.1) is 77.6 Å². The molecule has 0 unspecified atom stereocenters. The molecular formula is C112H234N20O17S. The van der Waals surface area contributed by atoms with Crippen molar-refractivity contribution in [2.75, 3.05) is 181 Å². The molecule has 2 rings (SSSR count).